The first-order valence-electron chi connectivity index (χ1n) is 8.50. The fraction of sp³-hybridized carbons (Fsp3) is 0.941. The minimum atomic E-state index is 0.0632. The first-order chi connectivity index (χ1) is 9.90. The molecule has 4 heteroatoms. The number of amides is 1. The predicted molar refractivity (Wildman–Crippen MR) is 86.9 cm³/mol. The van der Waals surface area contributed by atoms with Crippen LogP contribution in [0.3, 0.4) is 0 Å². The van der Waals surface area contributed by atoms with Crippen LogP contribution in [0.1, 0.15) is 65.7 Å². The third-order valence-corrected chi connectivity index (χ3v) is 4.87. The lowest BCUT2D eigenvalue weighted by molar-refractivity contribution is -0.134. The standard InChI is InChI=1S/C17H34N2O2/c1-17(2,3)14(10-11-18)8-9-16(21)19(12-13-20)15-6-4-5-7-15/h14-15,20H,4-13,18H2,1-3H3. The second kappa shape index (κ2) is 8.74. The summed E-state index contributed by atoms with van der Waals surface area (Å²) in [5.41, 5.74) is 5.90. The van der Waals surface area contributed by atoms with Crippen molar-refractivity contribution in [2.24, 2.45) is 17.1 Å². The van der Waals surface area contributed by atoms with Gasteiger partial charge in [-0.05, 0) is 43.6 Å². The molecule has 21 heavy (non-hydrogen) atoms. The number of nitrogens with zero attached hydrogens (tertiary/aromatic N) is 1. The molecule has 0 saturated heterocycles. The van der Waals surface area contributed by atoms with Gasteiger partial charge in [-0.3, -0.25) is 4.79 Å². The Morgan fingerprint density at radius 1 is 1.29 bits per heavy atom. The molecule has 3 N–H and O–H groups in total. The molecule has 124 valence electrons. The van der Waals surface area contributed by atoms with Crippen molar-refractivity contribution in [2.75, 3.05) is 19.7 Å². The number of aliphatic hydroxyl groups is 1. The molecule has 4 nitrogen and oxygen atoms in total. The van der Waals surface area contributed by atoms with Gasteiger partial charge in [-0.15, -0.1) is 0 Å². The number of carbonyl (C=O) groups excluding carboxylic acids is 1. The van der Waals surface area contributed by atoms with Crippen LogP contribution in [0.25, 0.3) is 0 Å². The van der Waals surface area contributed by atoms with E-state index in [1.54, 1.807) is 0 Å². The van der Waals surface area contributed by atoms with E-state index in [1.165, 1.54) is 12.8 Å². The van der Waals surface area contributed by atoms with Crippen molar-refractivity contribution < 1.29 is 9.90 Å². The van der Waals surface area contributed by atoms with Gasteiger partial charge >= 0.3 is 0 Å². The van der Waals surface area contributed by atoms with Crippen molar-refractivity contribution in [2.45, 2.75) is 71.8 Å². The van der Waals surface area contributed by atoms with Crippen LogP contribution in [0.2, 0.25) is 0 Å². The molecule has 1 amide bonds. The van der Waals surface area contributed by atoms with Crippen LogP contribution in [-0.4, -0.2) is 41.7 Å². The summed E-state index contributed by atoms with van der Waals surface area (Å²) >= 11 is 0. The molecule has 0 spiro atoms. The summed E-state index contributed by atoms with van der Waals surface area (Å²) in [7, 11) is 0. The van der Waals surface area contributed by atoms with E-state index in [9.17, 15) is 9.90 Å². The summed E-state index contributed by atoms with van der Waals surface area (Å²) in [6.45, 7) is 7.90. The zero-order valence-corrected chi connectivity index (χ0v) is 14.1. The molecule has 1 aliphatic carbocycles. The number of hydrogen-bond acceptors (Lipinski definition) is 3. The quantitative estimate of drug-likeness (QED) is 0.723. The molecule has 1 rings (SSSR count). The van der Waals surface area contributed by atoms with Gasteiger partial charge in [-0.1, -0.05) is 33.6 Å². The summed E-state index contributed by atoms with van der Waals surface area (Å²) < 4.78 is 0. The first-order valence-corrected chi connectivity index (χ1v) is 8.50. The number of nitrogens with two attached hydrogens (primary N) is 1. The lowest BCUT2D eigenvalue weighted by Gasteiger charge is -2.32. The SMILES string of the molecule is CC(C)(C)C(CCN)CCC(=O)N(CCO)C1CCCC1. The molecule has 0 aromatic rings. The van der Waals surface area contributed by atoms with Gasteiger partial charge in [0.25, 0.3) is 0 Å². The Labute approximate surface area is 130 Å². The number of carbonyl (C=O) groups is 1. The van der Waals surface area contributed by atoms with Crippen LogP contribution in [0, 0.1) is 11.3 Å². The number of hydrogen-bond donors (Lipinski definition) is 2. The normalized spacial score (nSPS) is 18.0. The highest BCUT2D eigenvalue weighted by Gasteiger charge is 2.28. The Morgan fingerprint density at radius 3 is 2.38 bits per heavy atom. The molecule has 1 aliphatic rings. The molecule has 0 radical (unpaired) electrons. The molecule has 1 unspecified atom stereocenters. The van der Waals surface area contributed by atoms with Gasteiger partial charge in [0.15, 0.2) is 0 Å². The van der Waals surface area contributed by atoms with Crippen LogP contribution in [-0.2, 0) is 4.79 Å². The maximum atomic E-state index is 12.5. The molecular formula is C17H34N2O2. The lowest BCUT2D eigenvalue weighted by Crippen LogP contribution is -2.41. The zero-order chi connectivity index (χ0) is 15.9. The van der Waals surface area contributed by atoms with Crippen LogP contribution >= 0.6 is 0 Å². The molecule has 0 heterocycles. The van der Waals surface area contributed by atoms with Crippen LogP contribution in [0.4, 0.5) is 0 Å². The minimum absolute atomic E-state index is 0.0632. The van der Waals surface area contributed by atoms with E-state index in [0.717, 1.165) is 25.7 Å². The molecule has 1 saturated carbocycles. The average Bonchev–Trinajstić information content (AvgIpc) is 2.92. The fourth-order valence-corrected chi connectivity index (χ4v) is 3.49. The molecular weight excluding hydrogens is 264 g/mol. The maximum Gasteiger partial charge on any atom is 0.222 e. The van der Waals surface area contributed by atoms with Crippen molar-refractivity contribution in [3.63, 3.8) is 0 Å². The summed E-state index contributed by atoms with van der Waals surface area (Å²) in [6.07, 6.45) is 7.05. The summed E-state index contributed by atoms with van der Waals surface area (Å²) in [5, 5.41) is 9.23. The van der Waals surface area contributed by atoms with E-state index >= 15 is 0 Å². The van der Waals surface area contributed by atoms with Crippen molar-refractivity contribution in [1.82, 2.24) is 4.90 Å². The molecule has 1 fully saturated rings. The van der Waals surface area contributed by atoms with E-state index in [-0.39, 0.29) is 17.9 Å². The van der Waals surface area contributed by atoms with Gasteiger partial charge in [0.2, 0.25) is 5.91 Å². The second-order valence-corrected chi connectivity index (χ2v) is 7.43. The maximum absolute atomic E-state index is 12.5. The van der Waals surface area contributed by atoms with Crippen LogP contribution < -0.4 is 5.73 Å². The number of aliphatic hydroxyl groups excluding tert-OH is 1. The van der Waals surface area contributed by atoms with Gasteiger partial charge in [0.05, 0.1) is 6.61 Å². The number of rotatable bonds is 8. The van der Waals surface area contributed by atoms with Crippen molar-refractivity contribution in [3.8, 4) is 0 Å². The fourth-order valence-electron chi connectivity index (χ4n) is 3.49. The van der Waals surface area contributed by atoms with Crippen molar-refractivity contribution >= 4 is 5.91 Å². The highest BCUT2D eigenvalue weighted by atomic mass is 16.3. The molecule has 0 aromatic carbocycles. The lowest BCUT2D eigenvalue weighted by atomic mass is 9.76. The van der Waals surface area contributed by atoms with E-state index in [4.69, 9.17) is 5.73 Å². The van der Waals surface area contributed by atoms with E-state index in [2.05, 4.69) is 20.8 Å². The molecule has 0 aromatic heterocycles. The topological polar surface area (TPSA) is 66.6 Å². The third-order valence-electron chi connectivity index (χ3n) is 4.87. The van der Waals surface area contributed by atoms with Crippen LogP contribution in [0.5, 0.6) is 0 Å². The van der Waals surface area contributed by atoms with Gasteiger partial charge in [0.1, 0.15) is 0 Å². The van der Waals surface area contributed by atoms with E-state index in [1.807, 2.05) is 4.90 Å². The van der Waals surface area contributed by atoms with Crippen molar-refractivity contribution in [1.29, 1.82) is 0 Å². The van der Waals surface area contributed by atoms with E-state index < -0.39 is 0 Å². The van der Waals surface area contributed by atoms with Crippen LogP contribution in [0.15, 0.2) is 0 Å². The molecule has 0 aliphatic heterocycles. The smallest absolute Gasteiger partial charge is 0.222 e. The van der Waals surface area contributed by atoms with Crippen molar-refractivity contribution in [3.05, 3.63) is 0 Å². The van der Waals surface area contributed by atoms with Gasteiger partial charge < -0.3 is 15.7 Å². The van der Waals surface area contributed by atoms with Gasteiger partial charge in [0, 0.05) is 19.0 Å². The highest BCUT2D eigenvalue weighted by molar-refractivity contribution is 5.76. The highest BCUT2D eigenvalue weighted by Crippen LogP contribution is 2.32. The molecule has 1 atom stereocenters. The Morgan fingerprint density at radius 2 is 1.90 bits per heavy atom. The Hall–Kier alpha value is -0.610. The average molecular weight is 298 g/mol. The summed E-state index contributed by atoms with van der Waals surface area (Å²) in [5.74, 6) is 0.688. The minimum Gasteiger partial charge on any atom is -0.395 e. The summed E-state index contributed by atoms with van der Waals surface area (Å²) in [4.78, 5) is 14.5. The predicted octanol–water partition coefficient (Wildman–Crippen LogP) is 2.54. The van der Waals surface area contributed by atoms with E-state index in [0.29, 0.717) is 31.5 Å². The van der Waals surface area contributed by atoms with Gasteiger partial charge in [-0.2, -0.15) is 0 Å². The van der Waals surface area contributed by atoms with Gasteiger partial charge in [-0.25, -0.2) is 0 Å². The largest absolute Gasteiger partial charge is 0.395 e. The Kier molecular flexibility index (Phi) is 7.67. The Balaban J connectivity index is 2.55. The second-order valence-electron chi connectivity index (χ2n) is 7.43. The zero-order valence-electron chi connectivity index (χ0n) is 14.1. The summed E-state index contributed by atoms with van der Waals surface area (Å²) in [6, 6.07) is 0.354. The third kappa shape index (κ3) is 5.95. The Bertz CT molecular complexity index is 306. The monoisotopic (exact) mass is 298 g/mol. The first kappa shape index (κ1) is 18.4. The molecule has 0 bridgehead atoms.